The van der Waals surface area contributed by atoms with Gasteiger partial charge in [-0.25, -0.2) is 0 Å². The van der Waals surface area contributed by atoms with E-state index < -0.39 is 0 Å². The third kappa shape index (κ3) is 3.71. The van der Waals surface area contributed by atoms with E-state index in [1.54, 1.807) is 0 Å². The van der Waals surface area contributed by atoms with Gasteiger partial charge in [0.25, 0.3) is 0 Å². The van der Waals surface area contributed by atoms with Crippen LogP contribution >= 0.6 is 0 Å². The first-order valence-corrected chi connectivity index (χ1v) is 8.37. The van der Waals surface area contributed by atoms with Gasteiger partial charge in [0.2, 0.25) is 0 Å². The van der Waals surface area contributed by atoms with E-state index in [-0.39, 0.29) is 0 Å². The molecule has 0 aromatic carbocycles. The van der Waals surface area contributed by atoms with Crippen molar-refractivity contribution in [2.24, 2.45) is 5.92 Å². The normalized spacial score (nSPS) is 35.5. The summed E-state index contributed by atoms with van der Waals surface area (Å²) in [6.07, 6.45) is 11.0. The maximum atomic E-state index is 5.77. The van der Waals surface area contributed by atoms with Crippen molar-refractivity contribution in [2.45, 2.75) is 69.5 Å². The molecule has 3 rings (SSSR count). The molecule has 19 heavy (non-hydrogen) atoms. The molecule has 2 heterocycles. The van der Waals surface area contributed by atoms with Crippen molar-refractivity contribution in [1.82, 2.24) is 10.2 Å². The van der Waals surface area contributed by atoms with Crippen LogP contribution in [0.2, 0.25) is 0 Å². The van der Waals surface area contributed by atoms with Gasteiger partial charge in [-0.2, -0.15) is 0 Å². The Bertz CT molecular complexity index is 266. The third-order valence-electron chi connectivity index (χ3n) is 5.29. The Morgan fingerprint density at radius 2 is 1.84 bits per heavy atom. The zero-order valence-electron chi connectivity index (χ0n) is 12.4. The summed E-state index contributed by atoms with van der Waals surface area (Å²) < 4.78 is 5.77. The standard InChI is InChI=1S/C16H30N2O/c1-17-14-10-15-4-2-5-16(11-14)18(15)8-3-9-19-12-13-6-7-13/h13-17H,2-12H2,1H3. The van der Waals surface area contributed by atoms with Crippen molar-refractivity contribution in [1.29, 1.82) is 0 Å². The molecule has 110 valence electrons. The molecule has 1 N–H and O–H groups in total. The zero-order valence-corrected chi connectivity index (χ0v) is 12.4. The summed E-state index contributed by atoms with van der Waals surface area (Å²) in [6.45, 7) is 3.26. The highest BCUT2D eigenvalue weighted by Gasteiger charge is 2.37. The Kier molecular flexibility index (Phi) is 4.78. The second-order valence-electron chi connectivity index (χ2n) is 6.81. The van der Waals surface area contributed by atoms with E-state index in [9.17, 15) is 0 Å². The Labute approximate surface area is 118 Å². The molecular weight excluding hydrogens is 236 g/mol. The van der Waals surface area contributed by atoms with Gasteiger partial charge in [-0.15, -0.1) is 0 Å². The molecule has 3 aliphatic rings. The molecule has 0 radical (unpaired) electrons. The molecule has 0 aromatic rings. The number of hydrogen-bond acceptors (Lipinski definition) is 3. The molecule has 2 saturated heterocycles. The van der Waals surface area contributed by atoms with Crippen LogP contribution in [0, 0.1) is 5.92 Å². The molecule has 0 amide bonds. The van der Waals surface area contributed by atoms with Gasteiger partial charge in [-0.05, 0) is 57.9 Å². The van der Waals surface area contributed by atoms with E-state index in [2.05, 4.69) is 17.3 Å². The Morgan fingerprint density at radius 3 is 2.47 bits per heavy atom. The molecule has 1 aliphatic carbocycles. The summed E-state index contributed by atoms with van der Waals surface area (Å²) in [6, 6.07) is 2.44. The van der Waals surface area contributed by atoms with Crippen molar-refractivity contribution >= 4 is 0 Å². The SMILES string of the molecule is CNC1CC2CCCC(C1)N2CCCOCC1CC1. The van der Waals surface area contributed by atoms with Crippen LogP contribution in [0.3, 0.4) is 0 Å². The lowest BCUT2D eigenvalue weighted by atomic mass is 9.81. The summed E-state index contributed by atoms with van der Waals surface area (Å²) in [5.74, 6) is 0.908. The first-order chi connectivity index (χ1) is 9.36. The van der Waals surface area contributed by atoms with Crippen LogP contribution in [0.5, 0.6) is 0 Å². The monoisotopic (exact) mass is 266 g/mol. The van der Waals surface area contributed by atoms with E-state index in [0.29, 0.717) is 0 Å². The minimum Gasteiger partial charge on any atom is -0.381 e. The molecule has 2 atom stereocenters. The van der Waals surface area contributed by atoms with Gasteiger partial charge in [0.15, 0.2) is 0 Å². The number of hydrogen-bond donors (Lipinski definition) is 1. The van der Waals surface area contributed by atoms with Gasteiger partial charge in [-0.3, -0.25) is 4.90 Å². The number of fused-ring (bicyclic) bond motifs is 2. The van der Waals surface area contributed by atoms with E-state index >= 15 is 0 Å². The predicted molar refractivity (Wildman–Crippen MR) is 78.4 cm³/mol. The predicted octanol–water partition coefficient (Wildman–Crippen LogP) is 2.41. The molecule has 2 unspecified atom stereocenters. The van der Waals surface area contributed by atoms with Crippen LogP contribution in [0.4, 0.5) is 0 Å². The smallest absolute Gasteiger partial charge is 0.0494 e. The van der Waals surface area contributed by atoms with Crippen molar-refractivity contribution in [3.05, 3.63) is 0 Å². The highest BCUT2D eigenvalue weighted by Crippen LogP contribution is 2.34. The van der Waals surface area contributed by atoms with E-state index in [1.165, 1.54) is 57.9 Å². The number of piperidine rings is 2. The molecule has 2 aliphatic heterocycles. The highest BCUT2D eigenvalue weighted by atomic mass is 16.5. The lowest BCUT2D eigenvalue weighted by Crippen LogP contribution is -2.56. The van der Waals surface area contributed by atoms with Gasteiger partial charge in [0, 0.05) is 37.9 Å². The van der Waals surface area contributed by atoms with E-state index in [1.807, 2.05) is 0 Å². The summed E-state index contributed by atoms with van der Waals surface area (Å²) >= 11 is 0. The fourth-order valence-corrected chi connectivity index (χ4v) is 3.96. The van der Waals surface area contributed by atoms with Crippen LogP contribution in [0.25, 0.3) is 0 Å². The van der Waals surface area contributed by atoms with Gasteiger partial charge >= 0.3 is 0 Å². The molecule has 1 saturated carbocycles. The quantitative estimate of drug-likeness (QED) is 0.716. The lowest BCUT2D eigenvalue weighted by Gasteiger charge is -2.49. The molecule has 3 heteroatoms. The number of ether oxygens (including phenoxy) is 1. The lowest BCUT2D eigenvalue weighted by molar-refractivity contribution is 0.0164. The van der Waals surface area contributed by atoms with Crippen LogP contribution < -0.4 is 5.32 Å². The average molecular weight is 266 g/mol. The molecule has 3 nitrogen and oxygen atoms in total. The van der Waals surface area contributed by atoms with Crippen molar-refractivity contribution in [3.8, 4) is 0 Å². The fourth-order valence-electron chi connectivity index (χ4n) is 3.96. The van der Waals surface area contributed by atoms with Gasteiger partial charge < -0.3 is 10.1 Å². The van der Waals surface area contributed by atoms with Crippen molar-refractivity contribution in [2.75, 3.05) is 26.8 Å². The maximum absolute atomic E-state index is 5.77. The van der Waals surface area contributed by atoms with Gasteiger partial charge in [0.1, 0.15) is 0 Å². The van der Waals surface area contributed by atoms with Crippen LogP contribution in [-0.2, 0) is 4.74 Å². The van der Waals surface area contributed by atoms with Crippen molar-refractivity contribution in [3.63, 3.8) is 0 Å². The van der Waals surface area contributed by atoms with Crippen LogP contribution in [0.15, 0.2) is 0 Å². The molecule has 2 bridgehead atoms. The minimum absolute atomic E-state index is 0.762. The second kappa shape index (κ2) is 6.55. The Morgan fingerprint density at radius 1 is 1.11 bits per heavy atom. The first kappa shape index (κ1) is 13.8. The second-order valence-corrected chi connectivity index (χ2v) is 6.81. The molecule has 3 fully saturated rings. The minimum atomic E-state index is 0.762. The fraction of sp³-hybridized carbons (Fsp3) is 1.00. The number of nitrogens with zero attached hydrogens (tertiary/aromatic N) is 1. The first-order valence-electron chi connectivity index (χ1n) is 8.37. The molecule has 0 aromatic heterocycles. The maximum Gasteiger partial charge on any atom is 0.0494 e. The van der Waals surface area contributed by atoms with Crippen molar-refractivity contribution < 1.29 is 4.74 Å². The topological polar surface area (TPSA) is 24.5 Å². The van der Waals surface area contributed by atoms with Gasteiger partial charge in [0.05, 0.1) is 0 Å². The van der Waals surface area contributed by atoms with Gasteiger partial charge in [-0.1, -0.05) is 6.42 Å². The third-order valence-corrected chi connectivity index (χ3v) is 5.29. The van der Waals surface area contributed by atoms with Crippen LogP contribution in [-0.4, -0.2) is 49.8 Å². The Hall–Kier alpha value is -0.120. The van der Waals surface area contributed by atoms with E-state index in [0.717, 1.165) is 37.3 Å². The summed E-state index contributed by atoms with van der Waals surface area (Å²) in [5, 5.41) is 3.50. The molecule has 0 spiro atoms. The summed E-state index contributed by atoms with van der Waals surface area (Å²) in [4.78, 5) is 2.80. The largest absolute Gasteiger partial charge is 0.381 e. The zero-order chi connectivity index (χ0) is 13.1. The number of rotatable bonds is 7. The van der Waals surface area contributed by atoms with Crippen LogP contribution in [0.1, 0.15) is 51.4 Å². The van der Waals surface area contributed by atoms with E-state index in [4.69, 9.17) is 4.74 Å². The number of nitrogens with one attached hydrogen (secondary N) is 1. The Balaban J connectivity index is 1.39. The average Bonchev–Trinajstić information content (AvgIpc) is 3.21. The summed E-state index contributed by atoms with van der Waals surface area (Å²) in [7, 11) is 2.13. The highest BCUT2D eigenvalue weighted by molar-refractivity contribution is 4.94. The molecular formula is C16H30N2O. The summed E-state index contributed by atoms with van der Waals surface area (Å²) in [5.41, 5.74) is 0.